The SMILES string of the molecule is Nc1ccc(C(F)(F)F)cc1-c1nc2cnccc2s1. The van der Waals surface area contributed by atoms with Crippen LogP contribution in [0.5, 0.6) is 0 Å². The smallest absolute Gasteiger partial charge is 0.398 e. The third-order valence-corrected chi connectivity index (χ3v) is 3.87. The van der Waals surface area contributed by atoms with Gasteiger partial charge in [-0.25, -0.2) is 4.98 Å². The Hall–Kier alpha value is -2.15. The average Bonchev–Trinajstić information content (AvgIpc) is 2.81. The highest BCUT2D eigenvalue weighted by Crippen LogP contribution is 2.37. The van der Waals surface area contributed by atoms with Gasteiger partial charge in [-0.1, -0.05) is 0 Å². The summed E-state index contributed by atoms with van der Waals surface area (Å²) in [6.45, 7) is 0. The lowest BCUT2D eigenvalue weighted by Crippen LogP contribution is -2.05. The number of nitrogen functional groups attached to an aromatic ring is 1. The fraction of sp³-hybridized carbons (Fsp3) is 0.0769. The van der Waals surface area contributed by atoms with Gasteiger partial charge in [0, 0.05) is 17.4 Å². The van der Waals surface area contributed by atoms with E-state index in [9.17, 15) is 13.2 Å². The standard InChI is InChI=1S/C13H8F3N3S/c14-13(15,16)7-1-2-9(17)8(5-7)12-19-10-6-18-4-3-11(10)20-12/h1-6H,17H2. The number of nitrogens with zero attached hydrogens (tertiary/aromatic N) is 2. The van der Waals surface area contributed by atoms with Crippen LogP contribution in [0, 0.1) is 0 Å². The van der Waals surface area contributed by atoms with Crippen molar-refractivity contribution in [2.75, 3.05) is 5.73 Å². The Morgan fingerprint density at radius 2 is 1.95 bits per heavy atom. The Balaban J connectivity index is 2.17. The predicted molar refractivity (Wildman–Crippen MR) is 72.3 cm³/mol. The second kappa shape index (κ2) is 4.45. The number of nitrogens with two attached hydrogens (primary N) is 1. The van der Waals surface area contributed by atoms with Gasteiger partial charge >= 0.3 is 6.18 Å². The zero-order chi connectivity index (χ0) is 14.3. The van der Waals surface area contributed by atoms with Gasteiger partial charge in [-0.05, 0) is 24.3 Å². The van der Waals surface area contributed by atoms with Crippen molar-refractivity contribution in [2.45, 2.75) is 6.18 Å². The first-order chi connectivity index (χ1) is 9.45. The molecule has 0 saturated heterocycles. The number of hydrogen-bond acceptors (Lipinski definition) is 4. The summed E-state index contributed by atoms with van der Waals surface area (Å²) in [5.74, 6) is 0. The number of pyridine rings is 1. The summed E-state index contributed by atoms with van der Waals surface area (Å²) in [4.78, 5) is 8.21. The number of anilines is 1. The zero-order valence-corrected chi connectivity index (χ0v) is 10.8. The lowest BCUT2D eigenvalue weighted by Gasteiger charge is -2.09. The first-order valence-electron chi connectivity index (χ1n) is 5.63. The Morgan fingerprint density at radius 1 is 1.15 bits per heavy atom. The van der Waals surface area contributed by atoms with Crippen LogP contribution in [0.1, 0.15) is 5.56 Å². The lowest BCUT2D eigenvalue weighted by molar-refractivity contribution is -0.137. The molecule has 2 heterocycles. The van der Waals surface area contributed by atoms with Gasteiger partial charge in [0.2, 0.25) is 0 Å². The molecule has 3 nitrogen and oxygen atoms in total. The number of hydrogen-bond donors (Lipinski definition) is 1. The van der Waals surface area contributed by atoms with E-state index in [1.165, 1.54) is 17.4 Å². The molecular formula is C13H8F3N3S. The third kappa shape index (κ3) is 2.20. The average molecular weight is 295 g/mol. The quantitative estimate of drug-likeness (QED) is 0.691. The summed E-state index contributed by atoms with van der Waals surface area (Å²) in [6.07, 6.45) is -1.22. The van der Waals surface area contributed by atoms with E-state index in [4.69, 9.17) is 5.73 Å². The molecule has 1 aromatic carbocycles. The highest BCUT2D eigenvalue weighted by molar-refractivity contribution is 7.21. The van der Waals surface area contributed by atoms with Crippen molar-refractivity contribution < 1.29 is 13.2 Å². The van der Waals surface area contributed by atoms with Crippen LogP contribution in [-0.4, -0.2) is 9.97 Å². The number of rotatable bonds is 1. The van der Waals surface area contributed by atoms with E-state index in [-0.39, 0.29) is 5.69 Å². The molecule has 0 saturated carbocycles. The molecule has 0 aliphatic rings. The largest absolute Gasteiger partial charge is 0.416 e. The molecule has 2 N–H and O–H groups in total. The topological polar surface area (TPSA) is 51.8 Å². The zero-order valence-electron chi connectivity index (χ0n) is 9.98. The molecule has 0 unspecified atom stereocenters. The molecule has 0 amide bonds. The van der Waals surface area contributed by atoms with Crippen molar-refractivity contribution in [3.63, 3.8) is 0 Å². The number of halogens is 3. The van der Waals surface area contributed by atoms with Gasteiger partial charge in [0.15, 0.2) is 0 Å². The van der Waals surface area contributed by atoms with Crippen molar-refractivity contribution in [1.82, 2.24) is 9.97 Å². The maximum atomic E-state index is 12.8. The van der Waals surface area contributed by atoms with Crippen molar-refractivity contribution in [3.05, 3.63) is 42.2 Å². The van der Waals surface area contributed by atoms with E-state index in [0.29, 0.717) is 16.1 Å². The number of aromatic nitrogens is 2. The van der Waals surface area contributed by atoms with E-state index in [1.807, 2.05) is 0 Å². The van der Waals surface area contributed by atoms with Gasteiger partial charge in [-0.15, -0.1) is 11.3 Å². The van der Waals surface area contributed by atoms with Gasteiger partial charge in [-0.3, -0.25) is 4.98 Å². The molecule has 20 heavy (non-hydrogen) atoms. The number of fused-ring (bicyclic) bond motifs is 1. The van der Waals surface area contributed by atoms with Crippen LogP contribution in [0.15, 0.2) is 36.7 Å². The van der Waals surface area contributed by atoms with Gasteiger partial charge in [0.1, 0.15) is 10.5 Å². The highest BCUT2D eigenvalue weighted by Gasteiger charge is 2.31. The van der Waals surface area contributed by atoms with Gasteiger partial charge in [0.25, 0.3) is 0 Å². The fourth-order valence-electron chi connectivity index (χ4n) is 1.81. The maximum absolute atomic E-state index is 12.8. The van der Waals surface area contributed by atoms with Gasteiger partial charge in [-0.2, -0.15) is 13.2 Å². The summed E-state index contributed by atoms with van der Waals surface area (Å²) < 4.78 is 39.1. The second-order valence-electron chi connectivity index (χ2n) is 4.16. The van der Waals surface area contributed by atoms with E-state index < -0.39 is 11.7 Å². The van der Waals surface area contributed by atoms with Crippen molar-refractivity contribution in [3.8, 4) is 10.6 Å². The molecule has 3 rings (SSSR count). The number of benzene rings is 1. The summed E-state index contributed by atoms with van der Waals surface area (Å²) in [5.41, 5.74) is 6.24. The Kier molecular flexibility index (Phi) is 2.86. The molecule has 0 aliphatic carbocycles. The second-order valence-corrected chi connectivity index (χ2v) is 5.19. The molecule has 0 bridgehead atoms. The molecular weight excluding hydrogens is 287 g/mol. The maximum Gasteiger partial charge on any atom is 0.416 e. The van der Waals surface area contributed by atoms with E-state index in [0.717, 1.165) is 16.8 Å². The van der Waals surface area contributed by atoms with Gasteiger partial charge in [0.05, 0.1) is 16.5 Å². The van der Waals surface area contributed by atoms with Crippen LogP contribution in [0.2, 0.25) is 0 Å². The summed E-state index contributed by atoms with van der Waals surface area (Å²) in [6, 6.07) is 5.01. The molecule has 0 fully saturated rings. The summed E-state index contributed by atoms with van der Waals surface area (Å²) in [5, 5.41) is 0.455. The number of thiazole rings is 1. The highest BCUT2D eigenvalue weighted by atomic mass is 32.1. The van der Waals surface area contributed by atoms with E-state index in [2.05, 4.69) is 9.97 Å². The van der Waals surface area contributed by atoms with Crippen molar-refractivity contribution in [2.24, 2.45) is 0 Å². The molecule has 102 valence electrons. The fourth-order valence-corrected chi connectivity index (χ4v) is 2.78. The first-order valence-corrected chi connectivity index (χ1v) is 6.44. The summed E-state index contributed by atoms with van der Waals surface area (Å²) >= 11 is 1.29. The normalized spacial score (nSPS) is 11.9. The van der Waals surface area contributed by atoms with E-state index in [1.54, 1.807) is 18.5 Å². The van der Waals surface area contributed by atoms with Crippen LogP contribution >= 0.6 is 11.3 Å². The molecule has 0 aliphatic heterocycles. The summed E-state index contributed by atoms with van der Waals surface area (Å²) in [7, 11) is 0. The molecule has 0 atom stereocenters. The Morgan fingerprint density at radius 3 is 2.65 bits per heavy atom. The van der Waals surface area contributed by atoms with Crippen molar-refractivity contribution >= 4 is 27.2 Å². The molecule has 0 spiro atoms. The lowest BCUT2D eigenvalue weighted by atomic mass is 10.1. The molecule has 7 heteroatoms. The van der Waals surface area contributed by atoms with Crippen LogP contribution in [0.4, 0.5) is 18.9 Å². The van der Waals surface area contributed by atoms with Crippen LogP contribution in [-0.2, 0) is 6.18 Å². The minimum absolute atomic E-state index is 0.269. The Bertz CT molecular complexity index is 747. The first kappa shape index (κ1) is 12.9. The number of alkyl halides is 3. The van der Waals surface area contributed by atoms with Crippen LogP contribution < -0.4 is 5.73 Å². The monoisotopic (exact) mass is 295 g/mol. The van der Waals surface area contributed by atoms with Crippen LogP contribution in [0.25, 0.3) is 20.8 Å². The predicted octanol–water partition coefficient (Wildman–Crippen LogP) is 3.96. The minimum atomic E-state index is -4.40. The molecule has 2 aromatic heterocycles. The Labute approximate surface area is 115 Å². The van der Waals surface area contributed by atoms with E-state index >= 15 is 0 Å². The van der Waals surface area contributed by atoms with Gasteiger partial charge < -0.3 is 5.73 Å². The van der Waals surface area contributed by atoms with Crippen molar-refractivity contribution in [1.29, 1.82) is 0 Å². The molecule has 3 aromatic rings. The van der Waals surface area contributed by atoms with Crippen LogP contribution in [0.3, 0.4) is 0 Å². The minimum Gasteiger partial charge on any atom is -0.398 e. The molecule has 0 radical (unpaired) electrons. The third-order valence-electron chi connectivity index (χ3n) is 2.80.